The molecule has 8 heteroatoms. The average Bonchev–Trinajstić information content (AvgIpc) is 3.14. The van der Waals surface area contributed by atoms with Crippen molar-refractivity contribution in [1.82, 2.24) is 19.5 Å². The highest BCUT2D eigenvalue weighted by atomic mass is 32.2. The first-order valence-electron chi connectivity index (χ1n) is 7.26. The molecule has 1 aromatic carbocycles. The number of thiazole rings is 1. The van der Waals surface area contributed by atoms with E-state index in [1.54, 1.807) is 6.20 Å². The Morgan fingerprint density at radius 1 is 1.21 bits per heavy atom. The van der Waals surface area contributed by atoms with E-state index in [1.165, 1.54) is 23.1 Å². The second kappa shape index (κ2) is 6.21. The van der Waals surface area contributed by atoms with Gasteiger partial charge in [-0.15, -0.1) is 0 Å². The maximum atomic E-state index is 12.2. The van der Waals surface area contributed by atoms with E-state index in [1.807, 2.05) is 48.0 Å². The SMILES string of the molecule is Cn1c(SCC(=O)Nc2nc3ccccc3s2)nc2cccnc21. The van der Waals surface area contributed by atoms with Gasteiger partial charge in [-0.1, -0.05) is 35.2 Å². The fourth-order valence-corrected chi connectivity index (χ4v) is 4.00. The van der Waals surface area contributed by atoms with E-state index in [2.05, 4.69) is 20.3 Å². The van der Waals surface area contributed by atoms with Crippen molar-refractivity contribution in [3.05, 3.63) is 42.6 Å². The Labute approximate surface area is 145 Å². The van der Waals surface area contributed by atoms with Crippen LogP contribution in [0.1, 0.15) is 0 Å². The highest BCUT2D eigenvalue weighted by molar-refractivity contribution is 7.99. The Balaban J connectivity index is 1.45. The highest BCUT2D eigenvalue weighted by Gasteiger charge is 2.12. The van der Waals surface area contributed by atoms with Gasteiger partial charge in [0.05, 0.1) is 16.0 Å². The molecule has 0 spiro atoms. The molecule has 0 unspecified atom stereocenters. The molecular weight excluding hydrogens is 342 g/mol. The summed E-state index contributed by atoms with van der Waals surface area (Å²) in [4.78, 5) is 25.4. The Bertz CT molecular complexity index is 1010. The zero-order valence-corrected chi connectivity index (χ0v) is 14.4. The number of benzene rings is 1. The van der Waals surface area contributed by atoms with E-state index in [-0.39, 0.29) is 11.7 Å². The molecular formula is C16H13N5OS2. The molecule has 0 saturated carbocycles. The van der Waals surface area contributed by atoms with Gasteiger partial charge in [-0.05, 0) is 24.3 Å². The van der Waals surface area contributed by atoms with Gasteiger partial charge in [0.25, 0.3) is 0 Å². The molecule has 1 amide bonds. The minimum atomic E-state index is -0.0981. The topological polar surface area (TPSA) is 72.7 Å². The van der Waals surface area contributed by atoms with Crippen LogP contribution in [0.2, 0.25) is 0 Å². The molecule has 120 valence electrons. The number of para-hydroxylation sites is 1. The smallest absolute Gasteiger partial charge is 0.236 e. The van der Waals surface area contributed by atoms with Crippen LogP contribution in [-0.4, -0.2) is 31.2 Å². The number of rotatable bonds is 4. The molecule has 1 N–H and O–H groups in total. The van der Waals surface area contributed by atoms with Crippen molar-refractivity contribution < 1.29 is 4.79 Å². The van der Waals surface area contributed by atoms with Crippen LogP contribution in [0.3, 0.4) is 0 Å². The number of thioether (sulfide) groups is 1. The maximum absolute atomic E-state index is 12.2. The summed E-state index contributed by atoms with van der Waals surface area (Å²) >= 11 is 2.85. The number of hydrogen-bond donors (Lipinski definition) is 1. The van der Waals surface area contributed by atoms with Crippen LogP contribution in [0, 0.1) is 0 Å². The molecule has 0 fully saturated rings. The summed E-state index contributed by atoms with van der Waals surface area (Å²) in [6.45, 7) is 0. The molecule has 6 nitrogen and oxygen atoms in total. The van der Waals surface area contributed by atoms with Crippen molar-refractivity contribution in [2.75, 3.05) is 11.1 Å². The van der Waals surface area contributed by atoms with Crippen LogP contribution in [0.4, 0.5) is 5.13 Å². The van der Waals surface area contributed by atoms with Crippen LogP contribution >= 0.6 is 23.1 Å². The fraction of sp³-hybridized carbons (Fsp3) is 0.125. The lowest BCUT2D eigenvalue weighted by Crippen LogP contribution is -2.14. The number of fused-ring (bicyclic) bond motifs is 2. The summed E-state index contributed by atoms with van der Waals surface area (Å²) < 4.78 is 2.95. The van der Waals surface area contributed by atoms with Gasteiger partial charge < -0.3 is 9.88 Å². The van der Waals surface area contributed by atoms with E-state index in [4.69, 9.17) is 0 Å². The number of hydrogen-bond acceptors (Lipinski definition) is 6. The lowest BCUT2D eigenvalue weighted by atomic mass is 10.3. The van der Waals surface area contributed by atoms with Crippen LogP contribution < -0.4 is 5.32 Å². The van der Waals surface area contributed by atoms with Gasteiger partial charge in [0.1, 0.15) is 5.52 Å². The Kier molecular flexibility index (Phi) is 3.91. The lowest BCUT2D eigenvalue weighted by Gasteiger charge is -2.02. The molecule has 4 rings (SSSR count). The summed E-state index contributed by atoms with van der Waals surface area (Å²) in [5, 5.41) is 4.24. The number of carbonyl (C=O) groups is 1. The second-order valence-corrected chi connectivity index (χ2v) is 7.10. The van der Waals surface area contributed by atoms with Gasteiger partial charge in [0.2, 0.25) is 5.91 Å². The van der Waals surface area contributed by atoms with Crippen molar-refractivity contribution in [2.45, 2.75) is 5.16 Å². The quantitative estimate of drug-likeness (QED) is 0.569. The van der Waals surface area contributed by atoms with Gasteiger partial charge in [-0.2, -0.15) is 0 Å². The monoisotopic (exact) mass is 355 g/mol. The summed E-state index contributed by atoms with van der Waals surface area (Å²) in [6.07, 6.45) is 1.73. The molecule has 0 atom stereocenters. The maximum Gasteiger partial charge on any atom is 0.236 e. The van der Waals surface area contributed by atoms with Gasteiger partial charge >= 0.3 is 0 Å². The second-order valence-electron chi connectivity index (χ2n) is 5.12. The summed E-state index contributed by atoms with van der Waals surface area (Å²) in [6, 6.07) is 11.6. The summed E-state index contributed by atoms with van der Waals surface area (Å²) in [7, 11) is 1.90. The first kappa shape index (κ1) is 15.1. The van der Waals surface area contributed by atoms with E-state index in [0.717, 1.165) is 26.5 Å². The predicted molar refractivity (Wildman–Crippen MR) is 97.5 cm³/mol. The van der Waals surface area contributed by atoms with Crippen LogP contribution in [0.15, 0.2) is 47.8 Å². The van der Waals surface area contributed by atoms with Gasteiger partial charge in [-0.3, -0.25) is 4.79 Å². The van der Waals surface area contributed by atoms with Crippen LogP contribution in [0.25, 0.3) is 21.4 Å². The Hall–Kier alpha value is -2.45. The van der Waals surface area contributed by atoms with E-state index >= 15 is 0 Å². The van der Waals surface area contributed by atoms with Crippen molar-refractivity contribution in [1.29, 1.82) is 0 Å². The molecule has 24 heavy (non-hydrogen) atoms. The van der Waals surface area contributed by atoms with E-state index in [0.29, 0.717) is 5.13 Å². The average molecular weight is 355 g/mol. The molecule has 0 saturated heterocycles. The van der Waals surface area contributed by atoms with Crippen molar-refractivity contribution in [3.8, 4) is 0 Å². The number of aromatic nitrogens is 4. The third kappa shape index (κ3) is 2.85. The van der Waals surface area contributed by atoms with Gasteiger partial charge in [0, 0.05) is 13.2 Å². The van der Waals surface area contributed by atoms with Crippen molar-refractivity contribution in [2.24, 2.45) is 7.05 Å². The van der Waals surface area contributed by atoms with E-state index < -0.39 is 0 Å². The van der Waals surface area contributed by atoms with Crippen LogP contribution in [-0.2, 0) is 11.8 Å². The zero-order valence-electron chi connectivity index (χ0n) is 12.8. The number of anilines is 1. The third-order valence-electron chi connectivity index (χ3n) is 3.46. The first-order valence-corrected chi connectivity index (χ1v) is 9.06. The van der Waals surface area contributed by atoms with E-state index in [9.17, 15) is 4.79 Å². The molecule has 0 aliphatic rings. The Morgan fingerprint density at radius 3 is 2.88 bits per heavy atom. The number of aryl methyl sites for hydroxylation is 1. The fourth-order valence-electron chi connectivity index (χ4n) is 2.34. The summed E-state index contributed by atoms with van der Waals surface area (Å²) in [5.41, 5.74) is 2.53. The minimum Gasteiger partial charge on any atom is -0.307 e. The molecule has 4 aromatic rings. The number of nitrogens with one attached hydrogen (secondary N) is 1. The lowest BCUT2D eigenvalue weighted by molar-refractivity contribution is -0.113. The molecule has 0 aliphatic carbocycles. The molecule has 0 aliphatic heterocycles. The number of carbonyl (C=O) groups excluding carboxylic acids is 1. The number of nitrogens with zero attached hydrogens (tertiary/aromatic N) is 4. The standard InChI is InChI=1S/C16H13N5OS2/c1-21-14-11(6-4-8-17-14)19-16(21)23-9-13(22)20-15-18-10-5-2-3-7-12(10)24-15/h2-8H,9H2,1H3,(H,18,20,22). The van der Waals surface area contributed by atoms with Crippen molar-refractivity contribution >= 4 is 55.5 Å². The number of pyridine rings is 1. The number of imidazole rings is 1. The molecule has 0 bridgehead atoms. The zero-order chi connectivity index (χ0) is 16.5. The molecule has 3 heterocycles. The van der Waals surface area contributed by atoms with Crippen LogP contribution in [0.5, 0.6) is 0 Å². The Morgan fingerprint density at radius 2 is 2.04 bits per heavy atom. The molecule has 0 radical (unpaired) electrons. The molecule has 3 aromatic heterocycles. The predicted octanol–water partition coefficient (Wildman–Crippen LogP) is 3.31. The number of amides is 1. The van der Waals surface area contributed by atoms with Gasteiger partial charge in [-0.25, -0.2) is 15.0 Å². The van der Waals surface area contributed by atoms with Crippen molar-refractivity contribution in [3.63, 3.8) is 0 Å². The minimum absolute atomic E-state index is 0.0981. The van der Waals surface area contributed by atoms with Gasteiger partial charge in [0.15, 0.2) is 15.9 Å². The highest BCUT2D eigenvalue weighted by Crippen LogP contribution is 2.26. The first-order chi connectivity index (χ1) is 11.7. The normalized spacial score (nSPS) is 11.2. The third-order valence-corrected chi connectivity index (χ3v) is 5.44. The summed E-state index contributed by atoms with van der Waals surface area (Å²) in [5.74, 6) is 0.173. The largest absolute Gasteiger partial charge is 0.307 e.